The summed E-state index contributed by atoms with van der Waals surface area (Å²) < 4.78 is 0. The molecule has 8 rings (SSSR count). The van der Waals surface area contributed by atoms with Gasteiger partial charge in [0.2, 0.25) is 0 Å². The van der Waals surface area contributed by atoms with Crippen LogP contribution in [-0.2, 0) is 60.3 Å². The third kappa shape index (κ3) is 27.3. The van der Waals surface area contributed by atoms with E-state index in [2.05, 4.69) is 108 Å². The van der Waals surface area contributed by atoms with E-state index in [9.17, 15) is 0 Å². The molecule has 0 amide bonds. The minimum atomic E-state index is 0. The first-order valence-electron chi connectivity index (χ1n) is 23.1. The van der Waals surface area contributed by atoms with Crippen LogP contribution in [0, 0.1) is 0 Å². The molecular weight excluding hydrogens is 1050 g/mol. The quantitative estimate of drug-likeness (QED) is 0.153. The van der Waals surface area contributed by atoms with Gasteiger partial charge in [0, 0.05) is 130 Å². The predicted octanol–water partition coefficient (Wildman–Crippen LogP) is -10.1. The molecule has 4 saturated heterocycles. The van der Waals surface area contributed by atoms with Crippen LogP contribution in [0.4, 0.5) is 0 Å². The van der Waals surface area contributed by atoms with Crippen molar-refractivity contribution < 1.29 is 100 Å². The van der Waals surface area contributed by atoms with Crippen LogP contribution in [0.3, 0.4) is 0 Å². The summed E-state index contributed by atoms with van der Waals surface area (Å²) in [6.07, 6.45) is 12.6. The zero-order valence-corrected chi connectivity index (χ0v) is 45.4. The van der Waals surface area contributed by atoms with Gasteiger partial charge in [-0.05, 0) is 127 Å². The maximum Gasteiger partial charge on any atom is 6.00 e. The largest absolute Gasteiger partial charge is 6.00 e. The van der Waals surface area contributed by atoms with Gasteiger partial charge in [-0.3, -0.25) is 39.5 Å². The molecule has 4 aliphatic heterocycles. The number of aromatic nitrogens is 4. The van der Waals surface area contributed by atoms with E-state index < -0.39 is 0 Å². The number of rotatable bonds is 8. The Morgan fingerprint density at radius 3 is 0.667 bits per heavy atom. The smallest absolute Gasteiger partial charge is 1.00 e. The van der Waals surface area contributed by atoms with Crippen molar-refractivity contribution in [2.45, 2.75) is 51.9 Å². The molecule has 0 saturated carbocycles. The van der Waals surface area contributed by atoms with Crippen molar-refractivity contribution in [1.29, 1.82) is 0 Å². The SMILES string of the molecule is O.O.O.[Cl-].[Cl-].[Cl-].[Cl-].[Fe+6].[Fe+6].c1ccc(CN2CCCN3CCN(CCCN(Cc4ccccn4)CC3)CC2)nc1.c1ccc(CN2CCCN3CCN(CCCN(Cc4ccccn4)CC3)CC2)nc1. The molecule has 0 radical (unpaired) electrons. The van der Waals surface area contributed by atoms with Crippen molar-refractivity contribution >= 4 is 0 Å². The topological polar surface area (TPSA) is 172 Å². The van der Waals surface area contributed by atoms with E-state index in [4.69, 9.17) is 0 Å². The first-order valence-corrected chi connectivity index (χ1v) is 23.1. The summed E-state index contributed by atoms with van der Waals surface area (Å²) in [5, 5.41) is 0. The summed E-state index contributed by atoms with van der Waals surface area (Å²) in [6.45, 7) is 27.1. The van der Waals surface area contributed by atoms with Crippen molar-refractivity contribution in [3.05, 3.63) is 120 Å². The van der Waals surface area contributed by atoms with Crippen LogP contribution < -0.4 is 49.6 Å². The number of hydrogen-bond acceptors (Lipinski definition) is 12. The zero-order valence-electron chi connectivity index (χ0n) is 40.1. The van der Waals surface area contributed by atoms with E-state index in [1.165, 1.54) is 101 Å². The zero-order chi connectivity index (χ0) is 40.9. The van der Waals surface area contributed by atoms with Crippen LogP contribution in [0.1, 0.15) is 48.5 Å². The molecule has 15 nitrogen and oxygen atoms in total. The molecule has 4 aliphatic rings. The molecule has 21 heteroatoms. The van der Waals surface area contributed by atoms with Gasteiger partial charge < -0.3 is 85.7 Å². The molecular formula is C48H78Cl4Fe2N12O3+8. The molecule has 0 spiro atoms. The molecule has 69 heavy (non-hydrogen) atoms. The summed E-state index contributed by atoms with van der Waals surface area (Å²) >= 11 is 0. The van der Waals surface area contributed by atoms with E-state index in [-0.39, 0.29) is 100 Å². The first kappa shape index (κ1) is 71.6. The van der Waals surface area contributed by atoms with Crippen molar-refractivity contribution in [2.75, 3.05) is 131 Å². The van der Waals surface area contributed by atoms with Gasteiger partial charge in [0.1, 0.15) is 0 Å². The van der Waals surface area contributed by atoms with Crippen LogP contribution in [-0.4, -0.2) is 206 Å². The molecule has 0 aliphatic carbocycles. The van der Waals surface area contributed by atoms with Gasteiger partial charge >= 0.3 is 34.1 Å². The van der Waals surface area contributed by atoms with E-state index in [0.29, 0.717) is 0 Å². The Kier molecular flexibility index (Phi) is 43.4. The Bertz CT molecular complexity index is 1500. The monoisotopic (exact) mass is 1120 g/mol. The molecule has 8 heterocycles. The van der Waals surface area contributed by atoms with Gasteiger partial charge in [0.05, 0.1) is 22.8 Å². The summed E-state index contributed by atoms with van der Waals surface area (Å²) in [5.41, 5.74) is 4.74. The van der Waals surface area contributed by atoms with E-state index in [0.717, 1.165) is 105 Å². The summed E-state index contributed by atoms with van der Waals surface area (Å²) in [7, 11) is 0. The second-order valence-electron chi connectivity index (χ2n) is 17.2. The van der Waals surface area contributed by atoms with Crippen LogP contribution in [0.25, 0.3) is 0 Å². The maximum atomic E-state index is 4.54. The Balaban J connectivity index is -0.00000112. The average molecular weight is 1120 g/mol. The van der Waals surface area contributed by atoms with Gasteiger partial charge in [-0.1, -0.05) is 24.3 Å². The number of fused-ring (bicyclic) bond motifs is 6. The fraction of sp³-hybridized carbons (Fsp3) is 0.583. The molecule has 0 aromatic carbocycles. The molecule has 4 fully saturated rings. The Morgan fingerprint density at radius 1 is 0.275 bits per heavy atom. The molecule has 384 valence electrons. The second kappa shape index (κ2) is 41.8. The van der Waals surface area contributed by atoms with E-state index >= 15 is 0 Å². The third-order valence-electron chi connectivity index (χ3n) is 12.6. The molecule has 6 N–H and O–H groups in total. The number of nitrogens with zero attached hydrogens (tertiary/aromatic N) is 12. The second-order valence-corrected chi connectivity index (χ2v) is 17.2. The standard InChI is InChI=1S/2C24H36N6.4ClH.2Fe.3H2O/c2*1-3-9-25-23(7-1)21-29-13-5-11-28-16-15-27(17-19-29)12-6-14-30(20-18-28)22-24-8-2-4-10-26-24;;;;;;;;;/h2*1-4,7-10H,5-6,11-22H2;4*1H;;;3*1H2/q;;;;;;2*+6;;;/p-4. The predicted molar refractivity (Wildman–Crippen MR) is 253 cm³/mol. The van der Waals surface area contributed by atoms with Gasteiger partial charge in [-0.2, -0.15) is 0 Å². The molecule has 4 aromatic rings. The Morgan fingerprint density at radius 2 is 0.478 bits per heavy atom. The third-order valence-corrected chi connectivity index (χ3v) is 12.6. The van der Waals surface area contributed by atoms with Gasteiger partial charge in [-0.15, -0.1) is 0 Å². The maximum absolute atomic E-state index is 4.54. The van der Waals surface area contributed by atoms with Crippen molar-refractivity contribution in [3.63, 3.8) is 0 Å². The van der Waals surface area contributed by atoms with Crippen molar-refractivity contribution in [2.24, 2.45) is 0 Å². The van der Waals surface area contributed by atoms with Crippen LogP contribution in [0.15, 0.2) is 97.6 Å². The molecule has 4 atom stereocenters. The van der Waals surface area contributed by atoms with Gasteiger partial charge in [0.25, 0.3) is 0 Å². The number of halogens is 4. The fourth-order valence-electron chi connectivity index (χ4n) is 9.07. The minimum absolute atomic E-state index is 0. The van der Waals surface area contributed by atoms with Crippen LogP contribution in [0.2, 0.25) is 0 Å². The van der Waals surface area contributed by atoms with Gasteiger partial charge in [-0.25, -0.2) is 0 Å². The van der Waals surface area contributed by atoms with Gasteiger partial charge in [0.15, 0.2) is 0 Å². The number of pyridine rings is 4. The minimum Gasteiger partial charge on any atom is -1.00 e. The van der Waals surface area contributed by atoms with Crippen molar-refractivity contribution in [1.82, 2.24) is 59.1 Å². The fourth-order valence-corrected chi connectivity index (χ4v) is 9.07. The average Bonchev–Trinajstić information content (AvgIpc) is 3.29. The molecule has 4 bridgehead atoms. The summed E-state index contributed by atoms with van der Waals surface area (Å²) in [6, 6.07) is 25.0. The normalized spacial score (nSPS) is 21.8. The van der Waals surface area contributed by atoms with E-state index in [1.807, 2.05) is 49.1 Å². The molecule has 4 aromatic heterocycles. The first-order chi connectivity index (χ1) is 29.7. The van der Waals surface area contributed by atoms with E-state index in [1.54, 1.807) is 0 Å². The molecule has 4 unspecified atom stereocenters. The van der Waals surface area contributed by atoms with Crippen LogP contribution >= 0.6 is 0 Å². The van der Waals surface area contributed by atoms with Crippen molar-refractivity contribution in [3.8, 4) is 0 Å². The van der Waals surface area contributed by atoms with Crippen LogP contribution in [0.5, 0.6) is 0 Å². The Hall–Kier alpha value is -1.64. The Labute approximate surface area is 459 Å². The number of hydrogen-bond donors (Lipinski definition) is 0. The summed E-state index contributed by atoms with van der Waals surface area (Å²) in [5.74, 6) is 0. The summed E-state index contributed by atoms with van der Waals surface area (Å²) in [4.78, 5) is 39.3.